The number of likely N-dealkylation sites (N-methyl/N-ethyl adjacent to an activating group) is 1. The first-order chi connectivity index (χ1) is 12.9. The molecule has 1 atom stereocenters. The number of fused-ring (bicyclic) bond motifs is 1. The van der Waals surface area contributed by atoms with Crippen molar-refractivity contribution < 1.29 is 15.0 Å². The molecule has 2 fully saturated rings. The second-order valence-electron chi connectivity index (χ2n) is 7.92. The van der Waals surface area contributed by atoms with Crippen molar-refractivity contribution in [1.82, 2.24) is 19.2 Å². The fraction of sp³-hybridized carbons (Fsp3) is 0.526. The van der Waals surface area contributed by atoms with Crippen molar-refractivity contribution in [3.05, 3.63) is 40.4 Å². The topological polar surface area (TPSA) is 98.4 Å². The van der Waals surface area contributed by atoms with Crippen molar-refractivity contribution in [3.8, 4) is 5.75 Å². The van der Waals surface area contributed by atoms with Crippen LogP contribution in [0, 0.1) is 5.41 Å². The van der Waals surface area contributed by atoms with Gasteiger partial charge in [0.15, 0.2) is 11.4 Å². The highest BCUT2D eigenvalue weighted by atomic mass is 16.4. The zero-order valence-electron chi connectivity index (χ0n) is 15.3. The van der Waals surface area contributed by atoms with Gasteiger partial charge < -0.3 is 10.2 Å². The van der Waals surface area contributed by atoms with Crippen LogP contribution in [0.3, 0.4) is 0 Å². The van der Waals surface area contributed by atoms with Crippen LogP contribution >= 0.6 is 0 Å². The highest BCUT2D eigenvalue weighted by molar-refractivity contribution is 5.74. The molecule has 2 N–H and O–H groups in total. The number of hydrogen-bond acceptors (Lipinski definition) is 6. The molecular weight excluding hydrogens is 348 g/mol. The zero-order valence-corrected chi connectivity index (χ0v) is 15.3. The van der Waals surface area contributed by atoms with Crippen LogP contribution < -0.4 is 5.56 Å². The van der Waals surface area contributed by atoms with Crippen LogP contribution in [0.15, 0.2) is 29.2 Å². The molecule has 2 saturated heterocycles. The first-order valence-electron chi connectivity index (χ1n) is 9.23. The highest BCUT2D eigenvalue weighted by Gasteiger charge is 2.46. The normalized spacial score (nSPS) is 23.2. The van der Waals surface area contributed by atoms with Crippen LogP contribution in [-0.2, 0) is 11.3 Å². The van der Waals surface area contributed by atoms with Crippen molar-refractivity contribution in [2.24, 2.45) is 5.41 Å². The van der Waals surface area contributed by atoms with Gasteiger partial charge in [-0.25, -0.2) is 4.98 Å². The van der Waals surface area contributed by atoms with Crippen molar-refractivity contribution in [3.63, 3.8) is 0 Å². The number of carboxylic acids is 1. The summed E-state index contributed by atoms with van der Waals surface area (Å²) in [6.45, 7) is 3.07. The molecule has 0 saturated carbocycles. The Hall–Kier alpha value is -2.45. The third-order valence-corrected chi connectivity index (χ3v) is 6.05. The van der Waals surface area contributed by atoms with E-state index in [2.05, 4.69) is 9.88 Å². The Balaban J connectivity index is 1.46. The van der Waals surface area contributed by atoms with Crippen LogP contribution in [-0.4, -0.2) is 68.1 Å². The number of carbonyl (C=O) groups is 1. The molecule has 0 aromatic carbocycles. The summed E-state index contributed by atoms with van der Waals surface area (Å²) in [5.74, 6) is -0.750. The molecule has 4 rings (SSSR count). The molecule has 2 aliphatic rings. The van der Waals surface area contributed by atoms with Gasteiger partial charge in [-0.2, -0.15) is 0 Å². The van der Waals surface area contributed by atoms with Crippen LogP contribution in [0.4, 0.5) is 0 Å². The number of aromatic hydroxyl groups is 1. The van der Waals surface area contributed by atoms with Crippen LogP contribution in [0.1, 0.15) is 25.0 Å². The van der Waals surface area contributed by atoms with Gasteiger partial charge in [0.05, 0.1) is 5.69 Å². The number of aromatic nitrogens is 2. The van der Waals surface area contributed by atoms with Crippen molar-refractivity contribution in [1.29, 1.82) is 0 Å². The SMILES string of the molecule is CN1CC2(CCN(Cc3cc(=O)n4cccc(O)c4n3)CC2)C[C@H]1C(=O)O. The van der Waals surface area contributed by atoms with Crippen molar-refractivity contribution in [2.75, 3.05) is 26.7 Å². The van der Waals surface area contributed by atoms with Gasteiger partial charge >= 0.3 is 5.97 Å². The maximum Gasteiger partial charge on any atom is 0.320 e. The molecular formula is C19H24N4O4. The maximum atomic E-state index is 12.3. The number of hydrogen-bond donors (Lipinski definition) is 2. The first kappa shape index (κ1) is 17.9. The van der Waals surface area contributed by atoms with E-state index in [4.69, 9.17) is 0 Å². The predicted molar refractivity (Wildman–Crippen MR) is 98.7 cm³/mol. The molecule has 2 aromatic heterocycles. The number of piperidine rings is 1. The molecule has 8 nitrogen and oxygen atoms in total. The van der Waals surface area contributed by atoms with Gasteiger partial charge in [-0.15, -0.1) is 0 Å². The Labute approximate surface area is 156 Å². The Morgan fingerprint density at radius 1 is 1.37 bits per heavy atom. The smallest absolute Gasteiger partial charge is 0.320 e. The van der Waals surface area contributed by atoms with E-state index < -0.39 is 5.97 Å². The predicted octanol–water partition coefficient (Wildman–Crippen LogP) is 0.771. The minimum atomic E-state index is -0.738. The summed E-state index contributed by atoms with van der Waals surface area (Å²) < 4.78 is 1.34. The summed E-state index contributed by atoms with van der Waals surface area (Å²) in [5.41, 5.74) is 0.781. The monoisotopic (exact) mass is 372 g/mol. The molecule has 0 amide bonds. The lowest BCUT2D eigenvalue weighted by atomic mass is 9.76. The minimum Gasteiger partial charge on any atom is -0.504 e. The average molecular weight is 372 g/mol. The van der Waals surface area contributed by atoms with E-state index in [-0.39, 0.29) is 28.4 Å². The number of aliphatic carboxylic acids is 1. The fourth-order valence-corrected chi connectivity index (χ4v) is 4.56. The summed E-state index contributed by atoms with van der Waals surface area (Å²) in [6.07, 6.45) is 4.18. The van der Waals surface area contributed by atoms with E-state index >= 15 is 0 Å². The third kappa shape index (κ3) is 3.30. The lowest BCUT2D eigenvalue weighted by Gasteiger charge is -2.39. The van der Waals surface area contributed by atoms with E-state index in [0.717, 1.165) is 32.5 Å². The molecule has 0 bridgehead atoms. The van der Waals surface area contributed by atoms with Gasteiger partial charge in [0.25, 0.3) is 5.56 Å². The number of nitrogens with zero attached hydrogens (tertiary/aromatic N) is 4. The van der Waals surface area contributed by atoms with Gasteiger partial charge in [-0.1, -0.05) is 0 Å². The summed E-state index contributed by atoms with van der Waals surface area (Å²) in [7, 11) is 1.89. The molecule has 4 heterocycles. The summed E-state index contributed by atoms with van der Waals surface area (Å²) in [4.78, 5) is 32.3. The van der Waals surface area contributed by atoms with E-state index in [9.17, 15) is 19.8 Å². The standard InChI is InChI=1S/C19H24N4O4/c1-21-12-19(10-14(21)18(26)27)4-7-22(8-5-19)11-13-9-16(25)23-6-2-3-15(24)17(23)20-13/h2-3,6,9,14,24H,4-5,7-8,10-12H2,1H3,(H,26,27)/t14-/m0/s1. The fourth-order valence-electron chi connectivity index (χ4n) is 4.56. The largest absolute Gasteiger partial charge is 0.504 e. The van der Waals surface area contributed by atoms with Gasteiger partial charge in [-0.3, -0.25) is 23.8 Å². The number of pyridine rings is 1. The Bertz CT molecular complexity index is 933. The lowest BCUT2D eigenvalue weighted by molar-refractivity contribution is -0.141. The van der Waals surface area contributed by atoms with Crippen LogP contribution in [0.5, 0.6) is 5.75 Å². The molecule has 27 heavy (non-hydrogen) atoms. The first-order valence-corrected chi connectivity index (χ1v) is 9.23. The quantitative estimate of drug-likeness (QED) is 0.821. The number of likely N-dealkylation sites (tertiary alicyclic amines) is 2. The van der Waals surface area contributed by atoms with Crippen LogP contribution in [0.25, 0.3) is 5.65 Å². The Kier molecular flexibility index (Phi) is 4.39. The van der Waals surface area contributed by atoms with Gasteiger partial charge in [-0.05, 0) is 56.9 Å². The Morgan fingerprint density at radius 3 is 2.78 bits per heavy atom. The molecule has 8 heteroatoms. The summed E-state index contributed by atoms with van der Waals surface area (Å²) >= 11 is 0. The molecule has 0 unspecified atom stereocenters. The zero-order chi connectivity index (χ0) is 19.2. The lowest BCUT2D eigenvalue weighted by Crippen LogP contribution is -2.41. The second kappa shape index (κ2) is 6.61. The molecule has 2 aromatic rings. The van der Waals surface area contributed by atoms with Gasteiger partial charge in [0, 0.05) is 25.4 Å². The van der Waals surface area contributed by atoms with Gasteiger partial charge in [0.2, 0.25) is 0 Å². The van der Waals surface area contributed by atoms with E-state index in [1.54, 1.807) is 12.3 Å². The van der Waals surface area contributed by atoms with E-state index in [1.807, 2.05) is 11.9 Å². The second-order valence-corrected chi connectivity index (χ2v) is 7.92. The van der Waals surface area contributed by atoms with Crippen molar-refractivity contribution in [2.45, 2.75) is 31.8 Å². The van der Waals surface area contributed by atoms with E-state index in [0.29, 0.717) is 18.7 Å². The minimum absolute atomic E-state index is 0.0113. The highest BCUT2D eigenvalue weighted by Crippen LogP contribution is 2.42. The molecule has 1 spiro atoms. The van der Waals surface area contributed by atoms with Crippen LogP contribution in [0.2, 0.25) is 0 Å². The average Bonchev–Trinajstić information content (AvgIpc) is 2.95. The molecule has 0 aliphatic carbocycles. The number of rotatable bonds is 3. The van der Waals surface area contributed by atoms with Crippen molar-refractivity contribution >= 4 is 11.6 Å². The Morgan fingerprint density at radius 2 is 2.11 bits per heavy atom. The van der Waals surface area contributed by atoms with Gasteiger partial charge in [0.1, 0.15) is 6.04 Å². The number of carboxylic acid groups (broad SMARTS) is 1. The third-order valence-electron chi connectivity index (χ3n) is 6.05. The molecule has 2 aliphatic heterocycles. The van der Waals surface area contributed by atoms with E-state index in [1.165, 1.54) is 16.5 Å². The summed E-state index contributed by atoms with van der Waals surface area (Å²) in [5, 5.41) is 19.3. The maximum absolute atomic E-state index is 12.3. The molecule has 144 valence electrons. The summed E-state index contributed by atoms with van der Waals surface area (Å²) in [6, 6.07) is 4.26. The molecule has 0 radical (unpaired) electrons.